The summed E-state index contributed by atoms with van der Waals surface area (Å²) in [5, 5.41) is 14.0. The fourth-order valence-corrected chi connectivity index (χ4v) is 3.17. The number of benzene rings is 2. The standard InChI is InChI=1S/C19H14N4O4/c24-18-16-14(11-6-8-13(9-7-11)23(26)27)10-15(12-4-2-1-3-5-12)20-17(16)21-19(25)22-18/h1-10,14H,(H3,20,21,22,24,25). The number of anilines is 1. The summed E-state index contributed by atoms with van der Waals surface area (Å²) in [7, 11) is 0. The average Bonchev–Trinajstić information content (AvgIpc) is 2.67. The van der Waals surface area contributed by atoms with Crippen LogP contribution in [0.25, 0.3) is 5.70 Å². The van der Waals surface area contributed by atoms with Crippen molar-refractivity contribution in [3.05, 3.63) is 108 Å². The van der Waals surface area contributed by atoms with Crippen LogP contribution in [0.3, 0.4) is 0 Å². The van der Waals surface area contributed by atoms with Gasteiger partial charge in [0.15, 0.2) is 0 Å². The Hall–Kier alpha value is -3.94. The Labute approximate surface area is 152 Å². The zero-order valence-corrected chi connectivity index (χ0v) is 13.9. The smallest absolute Gasteiger partial charge is 0.327 e. The molecule has 3 N–H and O–H groups in total. The number of aromatic amines is 2. The van der Waals surface area contributed by atoms with E-state index in [1.54, 1.807) is 12.1 Å². The van der Waals surface area contributed by atoms with Gasteiger partial charge in [-0.1, -0.05) is 42.5 Å². The quantitative estimate of drug-likeness (QED) is 0.488. The summed E-state index contributed by atoms with van der Waals surface area (Å²) < 4.78 is 0. The van der Waals surface area contributed by atoms with Crippen LogP contribution >= 0.6 is 0 Å². The van der Waals surface area contributed by atoms with Crippen LogP contribution < -0.4 is 16.6 Å². The molecule has 0 radical (unpaired) electrons. The Morgan fingerprint density at radius 2 is 1.63 bits per heavy atom. The molecule has 8 nitrogen and oxygen atoms in total. The molecule has 0 bridgehead atoms. The number of allylic oxidation sites excluding steroid dienone is 1. The Morgan fingerprint density at radius 1 is 0.926 bits per heavy atom. The first-order chi connectivity index (χ1) is 13.0. The molecular formula is C19H14N4O4. The summed E-state index contributed by atoms with van der Waals surface area (Å²) in [4.78, 5) is 39.4. The number of aromatic nitrogens is 2. The minimum Gasteiger partial charge on any atom is -0.341 e. The first-order valence-corrected chi connectivity index (χ1v) is 8.18. The lowest BCUT2D eigenvalue weighted by Gasteiger charge is -2.25. The third kappa shape index (κ3) is 3.04. The summed E-state index contributed by atoms with van der Waals surface area (Å²) in [6.45, 7) is 0. The van der Waals surface area contributed by atoms with E-state index in [1.165, 1.54) is 12.1 Å². The predicted octanol–water partition coefficient (Wildman–Crippen LogP) is 2.57. The van der Waals surface area contributed by atoms with Gasteiger partial charge in [0, 0.05) is 23.7 Å². The molecule has 0 saturated carbocycles. The van der Waals surface area contributed by atoms with E-state index >= 15 is 0 Å². The highest BCUT2D eigenvalue weighted by Crippen LogP contribution is 2.36. The van der Waals surface area contributed by atoms with Gasteiger partial charge in [-0.2, -0.15) is 0 Å². The van der Waals surface area contributed by atoms with E-state index in [9.17, 15) is 19.7 Å². The van der Waals surface area contributed by atoms with Gasteiger partial charge in [-0.3, -0.25) is 24.9 Å². The summed E-state index contributed by atoms with van der Waals surface area (Å²) in [5.41, 5.74) is 1.52. The zero-order chi connectivity index (χ0) is 19.0. The maximum atomic E-state index is 12.4. The van der Waals surface area contributed by atoms with Crippen molar-refractivity contribution in [3.8, 4) is 0 Å². The number of H-pyrrole nitrogens is 2. The van der Waals surface area contributed by atoms with Crippen molar-refractivity contribution in [2.45, 2.75) is 5.92 Å². The van der Waals surface area contributed by atoms with E-state index in [2.05, 4.69) is 15.3 Å². The second-order valence-corrected chi connectivity index (χ2v) is 6.09. The van der Waals surface area contributed by atoms with Gasteiger partial charge in [-0.15, -0.1) is 0 Å². The first-order valence-electron chi connectivity index (χ1n) is 8.18. The summed E-state index contributed by atoms with van der Waals surface area (Å²) >= 11 is 0. The fraction of sp³-hybridized carbons (Fsp3) is 0.0526. The van der Waals surface area contributed by atoms with E-state index in [4.69, 9.17) is 0 Å². The van der Waals surface area contributed by atoms with Crippen LogP contribution in [0.4, 0.5) is 11.5 Å². The lowest BCUT2D eigenvalue weighted by molar-refractivity contribution is -0.384. The zero-order valence-electron chi connectivity index (χ0n) is 13.9. The van der Waals surface area contributed by atoms with Gasteiger partial charge in [0.05, 0.1) is 10.5 Å². The molecule has 0 amide bonds. The Morgan fingerprint density at radius 3 is 2.30 bits per heavy atom. The highest BCUT2D eigenvalue weighted by molar-refractivity contribution is 5.81. The molecular weight excluding hydrogens is 348 g/mol. The van der Waals surface area contributed by atoms with Crippen LogP contribution in [-0.4, -0.2) is 14.9 Å². The predicted molar refractivity (Wildman–Crippen MR) is 101 cm³/mol. The van der Waals surface area contributed by atoms with E-state index in [1.807, 2.05) is 36.4 Å². The summed E-state index contributed by atoms with van der Waals surface area (Å²) in [5.74, 6) is -0.161. The lowest BCUT2D eigenvalue weighted by Crippen LogP contribution is -2.31. The molecule has 0 fully saturated rings. The number of fused-ring (bicyclic) bond motifs is 1. The maximum Gasteiger partial charge on any atom is 0.327 e. The molecule has 2 heterocycles. The molecule has 27 heavy (non-hydrogen) atoms. The van der Waals surface area contributed by atoms with Crippen molar-refractivity contribution in [1.82, 2.24) is 9.97 Å². The van der Waals surface area contributed by atoms with Crippen molar-refractivity contribution in [2.24, 2.45) is 0 Å². The second-order valence-electron chi connectivity index (χ2n) is 6.09. The van der Waals surface area contributed by atoms with Crippen LogP contribution in [0, 0.1) is 10.1 Å². The molecule has 1 aliphatic heterocycles. The second kappa shape index (κ2) is 6.41. The van der Waals surface area contributed by atoms with Crippen LogP contribution in [0.1, 0.15) is 22.6 Å². The molecule has 1 aromatic heterocycles. The van der Waals surface area contributed by atoms with Gasteiger partial charge >= 0.3 is 5.69 Å². The minimum absolute atomic E-state index is 0.0319. The monoisotopic (exact) mass is 362 g/mol. The molecule has 2 aromatic carbocycles. The topological polar surface area (TPSA) is 121 Å². The molecule has 1 unspecified atom stereocenters. The molecule has 134 valence electrons. The molecule has 3 aromatic rings. The van der Waals surface area contributed by atoms with Crippen molar-refractivity contribution in [2.75, 3.05) is 5.32 Å². The molecule has 8 heteroatoms. The highest BCUT2D eigenvalue weighted by atomic mass is 16.6. The van der Waals surface area contributed by atoms with Gasteiger partial charge in [-0.25, -0.2) is 4.79 Å². The fourth-order valence-electron chi connectivity index (χ4n) is 3.17. The van der Waals surface area contributed by atoms with E-state index in [-0.39, 0.29) is 5.69 Å². The number of nitro benzene ring substituents is 1. The van der Waals surface area contributed by atoms with Crippen molar-refractivity contribution in [3.63, 3.8) is 0 Å². The number of hydrogen-bond acceptors (Lipinski definition) is 5. The molecule has 0 spiro atoms. The lowest BCUT2D eigenvalue weighted by atomic mass is 9.88. The molecule has 0 aliphatic carbocycles. The number of rotatable bonds is 3. The van der Waals surface area contributed by atoms with Crippen LogP contribution in [0.15, 0.2) is 70.3 Å². The third-order valence-electron chi connectivity index (χ3n) is 4.43. The largest absolute Gasteiger partial charge is 0.341 e. The molecule has 1 aliphatic rings. The van der Waals surface area contributed by atoms with Gasteiger partial charge < -0.3 is 5.32 Å². The third-order valence-corrected chi connectivity index (χ3v) is 4.43. The summed E-state index contributed by atoms with van der Waals surface area (Å²) in [6, 6.07) is 15.5. The highest BCUT2D eigenvalue weighted by Gasteiger charge is 2.26. The minimum atomic E-state index is -0.608. The van der Waals surface area contributed by atoms with E-state index in [0.717, 1.165) is 11.3 Å². The van der Waals surface area contributed by atoms with E-state index in [0.29, 0.717) is 16.9 Å². The molecule has 4 rings (SSSR count). The Balaban J connectivity index is 1.89. The molecule has 0 saturated heterocycles. The number of non-ortho nitro benzene ring substituents is 1. The Kier molecular flexibility index (Phi) is 3.92. The van der Waals surface area contributed by atoms with Gasteiger partial charge in [-0.05, 0) is 17.2 Å². The van der Waals surface area contributed by atoms with Crippen molar-refractivity contribution < 1.29 is 4.92 Å². The van der Waals surface area contributed by atoms with Crippen LogP contribution in [0.5, 0.6) is 0 Å². The maximum absolute atomic E-state index is 12.4. The van der Waals surface area contributed by atoms with Gasteiger partial charge in [0.2, 0.25) is 0 Å². The molecule has 1 atom stereocenters. The van der Waals surface area contributed by atoms with Crippen LogP contribution in [-0.2, 0) is 0 Å². The number of nitro groups is 1. The van der Waals surface area contributed by atoms with Crippen LogP contribution in [0.2, 0.25) is 0 Å². The van der Waals surface area contributed by atoms with E-state index < -0.39 is 22.1 Å². The number of nitrogens with zero attached hydrogens (tertiary/aromatic N) is 1. The SMILES string of the molecule is O=c1[nH]c2c(c(=O)[nH]1)C(c1ccc([N+](=O)[O-])cc1)C=C(c1ccccc1)N2. The Bertz CT molecular complexity index is 1160. The first kappa shape index (κ1) is 16.5. The van der Waals surface area contributed by atoms with Crippen molar-refractivity contribution >= 4 is 17.2 Å². The number of hydrogen-bond donors (Lipinski definition) is 3. The van der Waals surface area contributed by atoms with Gasteiger partial charge in [0.1, 0.15) is 5.82 Å². The number of nitrogens with one attached hydrogen (secondary N) is 3. The van der Waals surface area contributed by atoms with Crippen molar-refractivity contribution in [1.29, 1.82) is 0 Å². The van der Waals surface area contributed by atoms with Gasteiger partial charge in [0.25, 0.3) is 11.2 Å². The average molecular weight is 362 g/mol. The normalized spacial score (nSPS) is 15.4. The summed E-state index contributed by atoms with van der Waals surface area (Å²) in [6.07, 6.45) is 1.87.